The average molecular weight is 263 g/mol. The van der Waals surface area contributed by atoms with Gasteiger partial charge in [0.1, 0.15) is 5.52 Å². The maximum absolute atomic E-state index is 10.8. The molecule has 0 spiro atoms. The van der Waals surface area contributed by atoms with E-state index in [-0.39, 0.29) is 11.5 Å². The monoisotopic (exact) mass is 263 g/mol. The number of nitrogens with one attached hydrogen (secondary N) is 2. The van der Waals surface area contributed by atoms with Gasteiger partial charge >= 0.3 is 5.97 Å². The lowest BCUT2D eigenvalue weighted by molar-refractivity contribution is -0.118. The zero-order chi connectivity index (χ0) is 13.8. The molecule has 0 fully saturated rings. The summed E-state index contributed by atoms with van der Waals surface area (Å²) in [5.41, 5.74) is 1.13. The van der Waals surface area contributed by atoms with Crippen molar-refractivity contribution >= 4 is 29.0 Å². The molecule has 1 heterocycles. The van der Waals surface area contributed by atoms with Crippen molar-refractivity contribution < 1.29 is 19.1 Å². The van der Waals surface area contributed by atoms with E-state index in [4.69, 9.17) is 9.52 Å². The van der Waals surface area contributed by atoms with Crippen LogP contribution in [-0.2, 0) is 4.79 Å². The Bertz CT molecular complexity index is 620. The quantitative estimate of drug-likeness (QED) is 0.697. The van der Waals surface area contributed by atoms with Crippen LogP contribution in [0.25, 0.3) is 11.1 Å². The van der Waals surface area contributed by atoms with Gasteiger partial charge in [-0.2, -0.15) is 4.98 Å². The second-order valence-corrected chi connectivity index (χ2v) is 3.92. The van der Waals surface area contributed by atoms with Gasteiger partial charge in [-0.3, -0.25) is 4.79 Å². The molecule has 2 rings (SSSR count). The van der Waals surface area contributed by atoms with Gasteiger partial charge in [0.25, 0.3) is 6.01 Å². The summed E-state index contributed by atoms with van der Waals surface area (Å²) in [4.78, 5) is 25.6. The highest BCUT2D eigenvalue weighted by atomic mass is 16.4. The number of benzene rings is 1. The van der Waals surface area contributed by atoms with E-state index in [1.54, 1.807) is 6.07 Å². The lowest BCUT2D eigenvalue weighted by Crippen LogP contribution is -2.26. The van der Waals surface area contributed by atoms with E-state index in [2.05, 4.69) is 15.6 Å². The maximum atomic E-state index is 10.8. The normalized spacial score (nSPS) is 10.4. The van der Waals surface area contributed by atoms with Crippen molar-refractivity contribution in [2.45, 2.75) is 6.92 Å². The van der Waals surface area contributed by atoms with Crippen LogP contribution in [-0.4, -0.2) is 35.1 Å². The fourth-order valence-corrected chi connectivity index (χ4v) is 1.54. The third kappa shape index (κ3) is 3.21. The van der Waals surface area contributed by atoms with Crippen molar-refractivity contribution in [3.8, 4) is 0 Å². The molecule has 1 aromatic heterocycles. The Morgan fingerprint density at radius 3 is 2.84 bits per heavy atom. The molecule has 0 atom stereocenters. The van der Waals surface area contributed by atoms with Crippen LogP contribution in [0.4, 0.5) is 6.01 Å². The first kappa shape index (κ1) is 12.9. The number of aromatic nitrogens is 1. The maximum Gasteiger partial charge on any atom is 0.335 e. The fraction of sp³-hybridized carbons (Fsp3) is 0.250. The number of rotatable bonds is 5. The largest absolute Gasteiger partial charge is 0.478 e. The number of hydrogen-bond donors (Lipinski definition) is 3. The first-order valence-electron chi connectivity index (χ1n) is 5.68. The highest BCUT2D eigenvalue weighted by Crippen LogP contribution is 2.20. The van der Waals surface area contributed by atoms with Crippen molar-refractivity contribution in [3.63, 3.8) is 0 Å². The molecule has 2 aromatic rings. The number of amides is 1. The van der Waals surface area contributed by atoms with Crippen LogP contribution in [0, 0.1) is 0 Å². The number of carbonyl (C=O) groups excluding carboxylic acids is 1. The van der Waals surface area contributed by atoms with Crippen LogP contribution in [0.5, 0.6) is 0 Å². The molecule has 7 nitrogen and oxygen atoms in total. The summed E-state index contributed by atoms with van der Waals surface area (Å²) in [7, 11) is 0. The van der Waals surface area contributed by atoms with Crippen LogP contribution in [0.3, 0.4) is 0 Å². The van der Waals surface area contributed by atoms with Crippen LogP contribution >= 0.6 is 0 Å². The summed E-state index contributed by atoms with van der Waals surface area (Å²) in [6.45, 7) is 2.36. The molecule has 100 valence electrons. The molecule has 0 bridgehead atoms. The minimum absolute atomic E-state index is 0.106. The number of aromatic carboxylic acids is 1. The van der Waals surface area contributed by atoms with Gasteiger partial charge in [-0.15, -0.1) is 0 Å². The summed E-state index contributed by atoms with van der Waals surface area (Å²) in [6, 6.07) is 4.77. The Hall–Kier alpha value is -2.57. The molecule has 0 saturated heterocycles. The predicted molar refractivity (Wildman–Crippen MR) is 68.1 cm³/mol. The minimum Gasteiger partial charge on any atom is -0.478 e. The second-order valence-electron chi connectivity index (χ2n) is 3.92. The molecule has 1 amide bonds. The van der Waals surface area contributed by atoms with Gasteiger partial charge in [-0.25, -0.2) is 4.79 Å². The van der Waals surface area contributed by atoms with Crippen LogP contribution in [0.15, 0.2) is 22.6 Å². The third-order valence-electron chi connectivity index (χ3n) is 2.41. The molecule has 0 unspecified atom stereocenters. The SMILES string of the molecule is CC(=O)NCCNc1nc2ccc(C(=O)O)cc2o1. The van der Waals surface area contributed by atoms with Crippen molar-refractivity contribution in [1.82, 2.24) is 10.3 Å². The highest BCUT2D eigenvalue weighted by molar-refractivity contribution is 5.92. The van der Waals surface area contributed by atoms with Gasteiger partial charge in [-0.1, -0.05) is 0 Å². The van der Waals surface area contributed by atoms with E-state index in [0.29, 0.717) is 30.2 Å². The molecule has 0 radical (unpaired) electrons. The zero-order valence-electron chi connectivity index (χ0n) is 10.3. The Labute approximate surface area is 108 Å². The van der Waals surface area contributed by atoms with Crippen molar-refractivity contribution in [3.05, 3.63) is 23.8 Å². The summed E-state index contributed by atoms with van der Waals surface area (Å²) < 4.78 is 5.37. The van der Waals surface area contributed by atoms with E-state index in [9.17, 15) is 9.59 Å². The Morgan fingerprint density at radius 2 is 2.16 bits per heavy atom. The average Bonchev–Trinajstić information content (AvgIpc) is 2.75. The first-order valence-corrected chi connectivity index (χ1v) is 5.68. The number of hydrogen-bond acceptors (Lipinski definition) is 5. The van der Waals surface area contributed by atoms with E-state index in [0.717, 1.165) is 0 Å². The molecule has 7 heteroatoms. The zero-order valence-corrected chi connectivity index (χ0v) is 10.3. The molecule has 19 heavy (non-hydrogen) atoms. The number of fused-ring (bicyclic) bond motifs is 1. The third-order valence-corrected chi connectivity index (χ3v) is 2.41. The molecular weight excluding hydrogens is 250 g/mol. The van der Waals surface area contributed by atoms with Gasteiger partial charge in [-0.05, 0) is 18.2 Å². The lowest BCUT2D eigenvalue weighted by Gasteiger charge is -2.01. The number of nitrogens with zero attached hydrogens (tertiary/aromatic N) is 1. The highest BCUT2D eigenvalue weighted by Gasteiger charge is 2.09. The summed E-state index contributed by atoms with van der Waals surface area (Å²) in [5.74, 6) is -1.12. The molecular formula is C12H13N3O4. The van der Waals surface area contributed by atoms with Gasteiger partial charge in [0.2, 0.25) is 5.91 Å². The van der Waals surface area contributed by atoms with Crippen molar-refractivity contribution in [2.75, 3.05) is 18.4 Å². The molecule has 1 aromatic carbocycles. The van der Waals surface area contributed by atoms with Crippen molar-refractivity contribution in [2.24, 2.45) is 0 Å². The van der Waals surface area contributed by atoms with E-state index >= 15 is 0 Å². The minimum atomic E-state index is -1.02. The second kappa shape index (κ2) is 5.38. The number of oxazole rings is 1. The standard InChI is InChI=1S/C12H13N3O4/c1-7(16)13-4-5-14-12-15-9-3-2-8(11(17)18)6-10(9)19-12/h2-3,6H,4-5H2,1H3,(H,13,16)(H,14,15)(H,17,18). The number of carboxylic acids is 1. The summed E-state index contributed by atoms with van der Waals surface area (Å²) >= 11 is 0. The number of anilines is 1. The lowest BCUT2D eigenvalue weighted by atomic mass is 10.2. The molecule has 0 aliphatic rings. The van der Waals surface area contributed by atoms with Crippen LogP contribution in [0.1, 0.15) is 17.3 Å². The van der Waals surface area contributed by atoms with Crippen LogP contribution < -0.4 is 10.6 Å². The van der Waals surface area contributed by atoms with E-state index in [1.807, 2.05) is 0 Å². The molecule has 0 saturated carbocycles. The molecule has 0 aliphatic carbocycles. The predicted octanol–water partition coefficient (Wildman–Crippen LogP) is 1.07. The van der Waals surface area contributed by atoms with Gasteiger partial charge in [0.05, 0.1) is 5.56 Å². The Kier molecular flexibility index (Phi) is 3.65. The van der Waals surface area contributed by atoms with Crippen LogP contribution in [0.2, 0.25) is 0 Å². The van der Waals surface area contributed by atoms with Gasteiger partial charge in [0.15, 0.2) is 5.58 Å². The number of carboxylic acid groups (broad SMARTS) is 1. The smallest absolute Gasteiger partial charge is 0.335 e. The van der Waals surface area contributed by atoms with E-state index < -0.39 is 5.97 Å². The Morgan fingerprint density at radius 1 is 1.37 bits per heavy atom. The number of carbonyl (C=O) groups is 2. The summed E-state index contributed by atoms with van der Waals surface area (Å²) in [5, 5.41) is 14.4. The Balaban J connectivity index is 2.04. The van der Waals surface area contributed by atoms with Gasteiger partial charge < -0.3 is 20.2 Å². The fourth-order valence-electron chi connectivity index (χ4n) is 1.54. The van der Waals surface area contributed by atoms with Gasteiger partial charge in [0, 0.05) is 20.0 Å². The first-order chi connectivity index (χ1) is 9.06. The molecule has 3 N–H and O–H groups in total. The summed E-state index contributed by atoms with van der Waals surface area (Å²) in [6.07, 6.45) is 0. The van der Waals surface area contributed by atoms with E-state index in [1.165, 1.54) is 19.1 Å². The topological polar surface area (TPSA) is 104 Å². The molecule has 0 aliphatic heterocycles. The van der Waals surface area contributed by atoms with Crippen molar-refractivity contribution in [1.29, 1.82) is 0 Å².